The number of nitrogens with one attached hydrogen (secondary N) is 3. The van der Waals surface area contributed by atoms with Gasteiger partial charge in [0.1, 0.15) is 16.5 Å². The van der Waals surface area contributed by atoms with Gasteiger partial charge in [-0.1, -0.05) is 23.7 Å². The number of anilines is 4. The lowest BCUT2D eigenvalue weighted by atomic mass is 10.1. The molecule has 2 aromatic heterocycles. The summed E-state index contributed by atoms with van der Waals surface area (Å²) in [5, 5.41) is 18.7. The number of amides is 2. The molecule has 12 heteroatoms. The first kappa shape index (κ1) is 26.0. The van der Waals surface area contributed by atoms with Crippen molar-refractivity contribution >= 4 is 46.6 Å². The van der Waals surface area contributed by atoms with Crippen LogP contribution in [-0.2, 0) is 0 Å². The maximum atomic E-state index is 12.9. The van der Waals surface area contributed by atoms with Gasteiger partial charge in [0.2, 0.25) is 5.95 Å². The van der Waals surface area contributed by atoms with E-state index in [1.54, 1.807) is 78.4 Å². The molecule has 1 fully saturated rings. The van der Waals surface area contributed by atoms with E-state index in [2.05, 4.69) is 25.9 Å². The van der Waals surface area contributed by atoms with Gasteiger partial charge in [0.15, 0.2) is 5.82 Å². The van der Waals surface area contributed by atoms with Gasteiger partial charge >= 0.3 is 0 Å². The molecule has 0 spiro atoms. The molecule has 1 saturated heterocycles. The third-order valence-corrected chi connectivity index (χ3v) is 6.50. The van der Waals surface area contributed by atoms with Crippen molar-refractivity contribution in [3.05, 3.63) is 83.3 Å². The predicted molar refractivity (Wildman–Crippen MR) is 148 cm³/mol. The topological polar surface area (TPSA) is 134 Å². The van der Waals surface area contributed by atoms with Crippen molar-refractivity contribution < 1.29 is 19.4 Å². The number of ether oxygens (including phenoxy) is 1. The average molecular weight is 548 g/mol. The van der Waals surface area contributed by atoms with Crippen LogP contribution in [0.4, 0.5) is 23.1 Å². The summed E-state index contributed by atoms with van der Waals surface area (Å²) < 4.78 is 7.38. The van der Waals surface area contributed by atoms with Crippen LogP contribution in [0.1, 0.15) is 20.8 Å². The van der Waals surface area contributed by atoms with Crippen LogP contribution >= 0.6 is 11.6 Å². The zero-order valence-corrected chi connectivity index (χ0v) is 21.9. The summed E-state index contributed by atoms with van der Waals surface area (Å²) in [6.07, 6.45) is 2.77. The molecule has 1 aliphatic heterocycles. The highest BCUT2D eigenvalue weighted by Crippen LogP contribution is 2.32. The third kappa shape index (κ3) is 5.35. The van der Waals surface area contributed by atoms with Gasteiger partial charge in [-0.25, -0.2) is 4.98 Å². The molecule has 4 aromatic rings. The summed E-state index contributed by atoms with van der Waals surface area (Å²) in [6, 6.07) is 16.0. The second-order valence-electron chi connectivity index (χ2n) is 8.78. The zero-order valence-electron chi connectivity index (χ0n) is 21.2. The molecule has 3 heterocycles. The minimum atomic E-state index is -0.473. The van der Waals surface area contributed by atoms with Gasteiger partial charge in [-0.3, -0.25) is 9.59 Å². The van der Waals surface area contributed by atoms with Crippen LogP contribution in [0.25, 0.3) is 5.69 Å². The minimum Gasteiger partial charge on any atom is -0.494 e. The summed E-state index contributed by atoms with van der Waals surface area (Å²) >= 11 is 6.35. The van der Waals surface area contributed by atoms with E-state index in [9.17, 15) is 14.7 Å². The number of nitrogens with zero attached hydrogens (tertiary/aromatic N) is 4. The highest BCUT2D eigenvalue weighted by atomic mass is 35.5. The van der Waals surface area contributed by atoms with Crippen molar-refractivity contribution in [1.29, 1.82) is 0 Å². The molecular formula is C27H26ClN7O4. The first-order chi connectivity index (χ1) is 18.9. The number of methoxy groups -OCH3 is 1. The molecule has 0 aliphatic carbocycles. The number of aliphatic hydroxyl groups excluding tert-OH is 1. The summed E-state index contributed by atoms with van der Waals surface area (Å²) in [5.74, 6) is 0.656. The first-order valence-electron chi connectivity index (χ1n) is 12.1. The van der Waals surface area contributed by atoms with Gasteiger partial charge < -0.3 is 35.3 Å². The maximum absolute atomic E-state index is 12.9. The molecule has 2 amide bonds. The molecule has 0 saturated carbocycles. The Morgan fingerprint density at radius 1 is 1.08 bits per heavy atom. The molecule has 5 rings (SSSR count). The number of rotatable bonds is 8. The van der Waals surface area contributed by atoms with Gasteiger partial charge in [0.25, 0.3) is 11.8 Å². The molecule has 0 bridgehead atoms. The third-order valence-electron chi connectivity index (χ3n) is 6.22. The number of benzene rings is 2. The Morgan fingerprint density at radius 3 is 2.62 bits per heavy atom. The number of aromatic nitrogens is 3. The summed E-state index contributed by atoms with van der Waals surface area (Å²) in [4.78, 5) is 35.5. The Bertz CT molecular complexity index is 1530. The van der Waals surface area contributed by atoms with Gasteiger partial charge in [-0.2, -0.15) is 4.98 Å². The molecule has 1 aliphatic rings. The number of hydrogen-bond donors (Lipinski definition) is 4. The molecule has 39 heavy (non-hydrogen) atoms. The molecule has 0 radical (unpaired) electrons. The molecule has 0 atom stereocenters. The fraction of sp³-hybridized carbons (Fsp3) is 0.185. The Morgan fingerprint density at radius 2 is 1.87 bits per heavy atom. The Hall–Kier alpha value is -4.61. The van der Waals surface area contributed by atoms with Crippen LogP contribution in [0, 0.1) is 0 Å². The van der Waals surface area contributed by atoms with Gasteiger partial charge in [0, 0.05) is 38.1 Å². The molecule has 4 N–H and O–H groups in total. The van der Waals surface area contributed by atoms with E-state index in [0.717, 1.165) is 5.69 Å². The molecule has 200 valence electrons. The Balaban J connectivity index is 1.39. The highest BCUT2D eigenvalue weighted by molar-refractivity contribution is 6.33. The van der Waals surface area contributed by atoms with Crippen LogP contribution in [0.3, 0.4) is 0 Å². The van der Waals surface area contributed by atoms with Crippen LogP contribution in [-0.4, -0.2) is 69.7 Å². The molecule has 2 aromatic carbocycles. The lowest BCUT2D eigenvalue weighted by Gasteiger charge is -2.35. The lowest BCUT2D eigenvalue weighted by molar-refractivity contribution is 0.00537. The summed E-state index contributed by atoms with van der Waals surface area (Å²) in [7, 11) is 3.10. The average Bonchev–Trinajstić information content (AvgIpc) is 3.43. The number of likely N-dealkylation sites (tertiary alicyclic amines) is 1. The predicted octanol–water partition coefficient (Wildman–Crippen LogP) is 3.59. The lowest BCUT2D eigenvalue weighted by Crippen LogP contribution is -2.53. The maximum Gasteiger partial charge on any atom is 0.271 e. The Labute approximate surface area is 229 Å². The number of carbonyl (C=O) groups excluding carboxylic acids is 2. The number of hydrogen-bond acceptors (Lipinski definition) is 8. The van der Waals surface area contributed by atoms with E-state index >= 15 is 0 Å². The zero-order chi connectivity index (χ0) is 27.5. The van der Waals surface area contributed by atoms with Crippen molar-refractivity contribution in [3.63, 3.8) is 0 Å². The van der Waals surface area contributed by atoms with Crippen molar-refractivity contribution in [1.82, 2.24) is 24.8 Å². The van der Waals surface area contributed by atoms with Crippen molar-refractivity contribution in [2.45, 2.75) is 6.10 Å². The minimum absolute atomic E-state index is 0.154. The normalized spacial score (nSPS) is 13.0. The number of β-amino-alcohol motifs (C(OH)–C–C–N with tert-alkyl or cyclic N) is 1. The Kier molecular flexibility index (Phi) is 7.35. The fourth-order valence-electron chi connectivity index (χ4n) is 4.18. The molecule has 11 nitrogen and oxygen atoms in total. The smallest absolute Gasteiger partial charge is 0.271 e. The SMILES string of the molecule is CNC(=O)c1ccccc1Nc1nc(Nc2ccc(-n3cccc3C(=O)N3CC(O)C3)cc2OC)ncc1Cl. The quantitative estimate of drug-likeness (QED) is 0.263. The number of halogens is 1. The van der Waals surface area contributed by atoms with Crippen LogP contribution in [0.5, 0.6) is 5.75 Å². The van der Waals surface area contributed by atoms with E-state index in [1.807, 2.05) is 6.07 Å². The van der Waals surface area contributed by atoms with E-state index in [1.165, 1.54) is 6.20 Å². The van der Waals surface area contributed by atoms with Crippen LogP contribution in [0.15, 0.2) is 67.0 Å². The van der Waals surface area contributed by atoms with E-state index < -0.39 is 6.10 Å². The van der Waals surface area contributed by atoms with Gasteiger partial charge in [0.05, 0.1) is 36.3 Å². The summed E-state index contributed by atoms with van der Waals surface area (Å²) in [5.41, 5.74) is 2.77. The van der Waals surface area contributed by atoms with Gasteiger partial charge in [-0.05, 0) is 36.4 Å². The number of aliphatic hydroxyl groups is 1. The van der Waals surface area contributed by atoms with E-state index in [0.29, 0.717) is 47.3 Å². The van der Waals surface area contributed by atoms with Crippen LogP contribution in [0.2, 0.25) is 5.02 Å². The number of carbonyl (C=O) groups is 2. The largest absolute Gasteiger partial charge is 0.494 e. The highest BCUT2D eigenvalue weighted by Gasteiger charge is 2.31. The summed E-state index contributed by atoms with van der Waals surface area (Å²) in [6.45, 7) is 0.650. The first-order valence-corrected chi connectivity index (χ1v) is 12.5. The van der Waals surface area contributed by atoms with E-state index in [-0.39, 0.29) is 22.8 Å². The van der Waals surface area contributed by atoms with Crippen molar-refractivity contribution in [3.8, 4) is 11.4 Å². The molecular weight excluding hydrogens is 522 g/mol. The molecule has 0 unspecified atom stereocenters. The second kappa shape index (κ2) is 11.0. The van der Waals surface area contributed by atoms with Crippen molar-refractivity contribution in [2.75, 3.05) is 37.9 Å². The van der Waals surface area contributed by atoms with E-state index in [4.69, 9.17) is 16.3 Å². The fourth-order valence-corrected chi connectivity index (χ4v) is 4.32. The standard InChI is InChI=1S/C27H26ClN7O4/c1-29-25(37)18-6-3-4-7-20(18)31-24-19(28)13-30-27(33-24)32-21-10-9-16(12-23(21)39-2)35-11-5-8-22(35)26(38)34-14-17(36)15-34/h3-13,17,36H,14-15H2,1-2H3,(H,29,37)(H2,30,31,32,33). The van der Waals surface area contributed by atoms with Crippen molar-refractivity contribution in [2.24, 2.45) is 0 Å². The monoisotopic (exact) mass is 547 g/mol. The van der Waals surface area contributed by atoms with Gasteiger partial charge in [-0.15, -0.1) is 0 Å². The van der Waals surface area contributed by atoms with Crippen LogP contribution < -0.4 is 20.7 Å². The second-order valence-corrected chi connectivity index (χ2v) is 9.18. The number of para-hydroxylation sites is 1.